The van der Waals surface area contributed by atoms with Crippen molar-refractivity contribution in [2.45, 2.75) is 52.6 Å². The van der Waals surface area contributed by atoms with E-state index in [4.69, 9.17) is 0 Å². The van der Waals surface area contributed by atoms with Crippen LogP contribution in [-0.4, -0.2) is 24.7 Å². The molecule has 118 valence electrons. The van der Waals surface area contributed by atoms with Crippen LogP contribution in [0.5, 0.6) is 0 Å². The zero-order chi connectivity index (χ0) is 15.8. The van der Waals surface area contributed by atoms with Crippen molar-refractivity contribution >= 4 is 21.6 Å². The van der Waals surface area contributed by atoms with Crippen LogP contribution in [-0.2, 0) is 0 Å². The second-order valence-electron chi connectivity index (χ2n) is 6.79. The molecular formula is C17H26BrFN2. The van der Waals surface area contributed by atoms with Crippen molar-refractivity contribution in [2.24, 2.45) is 5.92 Å². The van der Waals surface area contributed by atoms with Gasteiger partial charge in [0.15, 0.2) is 0 Å². The molecule has 2 nitrogen and oxygen atoms in total. The Bertz CT molecular complexity index is 518. The molecule has 1 aromatic rings. The summed E-state index contributed by atoms with van der Waals surface area (Å²) in [5.74, 6) is 0.333. The van der Waals surface area contributed by atoms with Crippen molar-refractivity contribution in [2.75, 3.05) is 18.0 Å². The molecule has 0 aliphatic carbocycles. The number of benzene rings is 1. The van der Waals surface area contributed by atoms with E-state index in [0.29, 0.717) is 16.4 Å². The summed E-state index contributed by atoms with van der Waals surface area (Å²) in [5, 5.41) is 3.68. The zero-order valence-electron chi connectivity index (χ0n) is 13.6. The first-order chi connectivity index (χ1) is 9.77. The van der Waals surface area contributed by atoms with Gasteiger partial charge in [0.2, 0.25) is 0 Å². The molecule has 0 amide bonds. The van der Waals surface area contributed by atoms with Gasteiger partial charge in [-0.3, -0.25) is 0 Å². The van der Waals surface area contributed by atoms with Crippen LogP contribution >= 0.6 is 15.9 Å². The number of nitrogens with one attached hydrogen (secondary N) is 1. The summed E-state index contributed by atoms with van der Waals surface area (Å²) in [6.07, 6.45) is 1.06. The van der Waals surface area contributed by atoms with Crippen LogP contribution in [0.4, 0.5) is 10.1 Å². The van der Waals surface area contributed by atoms with Gasteiger partial charge in [0.05, 0.1) is 4.47 Å². The van der Waals surface area contributed by atoms with E-state index >= 15 is 0 Å². The smallest absolute Gasteiger partial charge is 0.139 e. The predicted octanol–water partition coefficient (Wildman–Crippen LogP) is 4.50. The molecule has 0 bridgehead atoms. The predicted molar refractivity (Wildman–Crippen MR) is 91.5 cm³/mol. The van der Waals surface area contributed by atoms with Gasteiger partial charge in [-0.2, -0.15) is 0 Å². The Morgan fingerprint density at radius 1 is 1.48 bits per heavy atom. The van der Waals surface area contributed by atoms with Crippen molar-refractivity contribution in [1.29, 1.82) is 0 Å². The van der Waals surface area contributed by atoms with E-state index in [2.05, 4.69) is 60.8 Å². The molecule has 1 heterocycles. The fraction of sp³-hybridized carbons (Fsp3) is 0.647. The highest BCUT2D eigenvalue weighted by Gasteiger charge is 2.36. The Hall–Kier alpha value is -0.610. The van der Waals surface area contributed by atoms with Gasteiger partial charge >= 0.3 is 0 Å². The third kappa shape index (κ3) is 3.42. The van der Waals surface area contributed by atoms with Gasteiger partial charge in [-0.05, 0) is 59.8 Å². The van der Waals surface area contributed by atoms with E-state index in [9.17, 15) is 4.39 Å². The quantitative estimate of drug-likeness (QED) is 0.857. The zero-order valence-corrected chi connectivity index (χ0v) is 15.2. The Kier molecular flexibility index (Phi) is 4.99. The molecule has 4 heteroatoms. The van der Waals surface area contributed by atoms with Crippen LogP contribution in [0.2, 0.25) is 0 Å². The van der Waals surface area contributed by atoms with Gasteiger partial charge in [-0.15, -0.1) is 0 Å². The molecule has 21 heavy (non-hydrogen) atoms. The highest BCUT2D eigenvalue weighted by Crippen LogP contribution is 2.33. The van der Waals surface area contributed by atoms with Gasteiger partial charge in [0, 0.05) is 30.4 Å². The van der Waals surface area contributed by atoms with Crippen LogP contribution in [0.15, 0.2) is 16.6 Å². The van der Waals surface area contributed by atoms with Crippen LogP contribution < -0.4 is 10.2 Å². The van der Waals surface area contributed by atoms with Crippen molar-refractivity contribution in [1.82, 2.24) is 5.32 Å². The minimum absolute atomic E-state index is 0.0847. The maximum Gasteiger partial charge on any atom is 0.139 e. The monoisotopic (exact) mass is 356 g/mol. The van der Waals surface area contributed by atoms with Gasteiger partial charge in [-0.25, -0.2) is 4.39 Å². The van der Waals surface area contributed by atoms with Crippen LogP contribution in [0.25, 0.3) is 0 Å². The molecule has 1 aliphatic rings. The molecule has 1 aromatic carbocycles. The largest absolute Gasteiger partial charge is 0.365 e. The molecule has 2 atom stereocenters. The van der Waals surface area contributed by atoms with Gasteiger partial charge in [-0.1, -0.05) is 20.8 Å². The molecule has 0 spiro atoms. The van der Waals surface area contributed by atoms with E-state index in [0.717, 1.165) is 30.8 Å². The number of rotatable bonds is 3. The summed E-state index contributed by atoms with van der Waals surface area (Å²) in [7, 11) is 0. The molecular weight excluding hydrogens is 331 g/mol. The van der Waals surface area contributed by atoms with Gasteiger partial charge in [0.25, 0.3) is 0 Å². The standard InChI is InChI=1S/C17H26BrFN2/c1-6-17(5)10-21(16(9-20-17)11(2)3)15-8-14(19)13(18)7-12(15)4/h7-8,11,16,20H,6,9-10H2,1-5H3. The van der Waals surface area contributed by atoms with Crippen LogP contribution in [0.3, 0.4) is 0 Å². The van der Waals surface area contributed by atoms with Crippen molar-refractivity contribution in [3.8, 4) is 0 Å². The molecule has 2 unspecified atom stereocenters. The molecule has 0 aromatic heterocycles. The van der Waals surface area contributed by atoms with Gasteiger partial charge in [0.1, 0.15) is 5.82 Å². The maximum atomic E-state index is 14.0. The number of halogens is 2. The van der Waals surface area contributed by atoms with Crippen molar-refractivity contribution in [3.63, 3.8) is 0 Å². The minimum atomic E-state index is -0.185. The highest BCUT2D eigenvalue weighted by molar-refractivity contribution is 9.10. The molecule has 0 saturated carbocycles. The molecule has 1 fully saturated rings. The Balaban J connectivity index is 2.43. The lowest BCUT2D eigenvalue weighted by Gasteiger charge is -2.49. The Morgan fingerprint density at radius 2 is 2.14 bits per heavy atom. The van der Waals surface area contributed by atoms with E-state index in [1.807, 2.05) is 6.07 Å². The Morgan fingerprint density at radius 3 is 2.71 bits per heavy atom. The van der Waals surface area contributed by atoms with Crippen LogP contribution in [0.1, 0.15) is 39.7 Å². The van der Waals surface area contributed by atoms with E-state index in [1.165, 1.54) is 0 Å². The SMILES string of the molecule is CCC1(C)CN(c2cc(F)c(Br)cc2C)C(C(C)C)CN1. The Labute approximate surface area is 136 Å². The minimum Gasteiger partial charge on any atom is -0.365 e. The van der Waals surface area contributed by atoms with E-state index in [-0.39, 0.29) is 11.4 Å². The van der Waals surface area contributed by atoms with Gasteiger partial charge < -0.3 is 10.2 Å². The summed E-state index contributed by atoms with van der Waals surface area (Å²) < 4.78 is 14.6. The normalized spacial score (nSPS) is 26.5. The van der Waals surface area contributed by atoms with E-state index < -0.39 is 0 Å². The number of piperazine rings is 1. The molecule has 1 saturated heterocycles. The average Bonchev–Trinajstić information content (AvgIpc) is 2.42. The van der Waals surface area contributed by atoms with Crippen molar-refractivity contribution < 1.29 is 4.39 Å². The average molecular weight is 357 g/mol. The summed E-state index contributed by atoms with van der Waals surface area (Å²) in [5.41, 5.74) is 2.23. The fourth-order valence-corrected chi connectivity index (χ4v) is 3.51. The first-order valence-electron chi connectivity index (χ1n) is 7.74. The summed E-state index contributed by atoms with van der Waals surface area (Å²) in [6.45, 7) is 12.8. The summed E-state index contributed by atoms with van der Waals surface area (Å²) in [4.78, 5) is 2.40. The lowest BCUT2D eigenvalue weighted by atomic mass is 9.89. The summed E-state index contributed by atoms with van der Waals surface area (Å²) in [6, 6.07) is 3.95. The van der Waals surface area contributed by atoms with Crippen LogP contribution in [0, 0.1) is 18.7 Å². The number of anilines is 1. The maximum absolute atomic E-state index is 14.0. The number of aryl methyl sites for hydroxylation is 1. The lowest BCUT2D eigenvalue weighted by Crippen LogP contribution is -2.64. The van der Waals surface area contributed by atoms with Crippen molar-refractivity contribution in [3.05, 3.63) is 28.0 Å². The van der Waals surface area contributed by atoms with E-state index in [1.54, 1.807) is 6.07 Å². The topological polar surface area (TPSA) is 15.3 Å². The number of nitrogens with zero attached hydrogens (tertiary/aromatic N) is 1. The molecule has 0 radical (unpaired) electrons. The third-order valence-corrected chi connectivity index (χ3v) is 5.36. The highest BCUT2D eigenvalue weighted by atomic mass is 79.9. The summed E-state index contributed by atoms with van der Waals surface area (Å²) >= 11 is 3.28. The fourth-order valence-electron chi connectivity index (χ4n) is 3.05. The molecule has 1 aliphatic heterocycles. The first-order valence-corrected chi connectivity index (χ1v) is 8.54. The lowest BCUT2D eigenvalue weighted by molar-refractivity contribution is 0.252. The first kappa shape index (κ1) is 16.8. The second kappa shape index (κ2) is 6.25. The number of hydrogen-bond donors (Lipinski definition) is 1. The molecule has 1 N–H and O–H groups in total. The third-order valence-electron chi connectivity index (χ3n) is 4.76. The second-order valence-corrected chi connectivity index (χ2v) is 7.64. The number of hydrogen-bond acceptors (Lipinski definition) is 2. The molecule has 2 rings (SSSR count).